The van der Waals surface area contributed by atoms with Crippen molar-refractivity contribution in [3.8, 4) is 11.8 Å². The second kappa shape index (κ2) is 5.18. The SMILES string of the molecule is CC#C[C@@]1(O)C(O)[C@@H](CO)O[C@H]1n1cnc(N)nc1=O. The van der Waals surface area contributed by atoms with Gasteiger partial charge in [-0.25, -0.2) is 9.78 Å². The van der Waals surface area contributed by atoms with E-state index in [0.29, 0.717) is 0 Å². The van der Waals surface area contributed by atoms with Crippen LogP contribution in [0.25, 0.3) is 0 Å². The first-order valence-corrected chi connectivity index (χ1v) is 5.75. The van der Waals surface area contributed by atoms with E-state index in [0.717, 1.165) is 10.9 Å². The molecule has 1 aromatic rings. The van der Waals surface area contributed by atoms with Crippen LogP contribution in [-0.4, -0.2) is 54.3 Å². The van der Waals surface area contributed by atoms with Crippen LogP contribution >= 0.6 is 0 Å². The van der Waals surface area contributed by atoms with E-state index in [1.54, 1.807) is 0 Å². The van der Waals surface area contributed by atoms with Crippen LogP contribution < -0.4 is 11.4 Å². The fourth-order valence-electron chi connectivity index (χ4n) is 2.05. The molecule has 2 rings (SSSR count). The average molecular weight is 282 g/mol. The smallest absolute Gasteiger partial charge is 0.354 e. The summed E-state index contributed by atoms with van der Waals surface area (Å²) in [7, 11) is 0. The van der Waals surface area contributed by atoms with Crippen LogP contribution in [0.15, 0.2) is 11.1 Å². The Morgan fingerprint density at radius 2 is 2.35 bits per heavy atom. The molecule has 2 heterocycles. The van der Waals surface area contributed by atoms with Crippen molar-refractivity contribution in [2.24, 2.45) is 0 Å². The van der Waals surface area contributed by atoms with Gasteiger partial charge in [-0.1, -0.05) is 5.92 Å². The highest BCUT2D eigenvalue weighted by atomic mass is 16.6. The van der Waals surface area contributed by atoms with Gasteiger partial charge < -0.3 is 25.8 Å². The minimum atomic E-state index is -2.06. The number of hydrogen-bond donors (Lipinski definition) is 4. The Hall–Kier alpha value is -1.99. The molecule has 0 aromatic carbocycles. The van der Waals surface area contributed by atoms with Crippen LogP contribution in [0.1, 0.15) is 13.2 Å². The first kappa shape index (κ1) is 14.4. The Balaban J connectivity index is 2.52. The summed E-state index contributed by atoms with van der Waals surface area (Å²) in [5, 5.41) is 29.6. The maximum absolute atomic E-state index is 11.8. The molecule has 1 saturated heterocycles. The largest absolute Gasteiger partial charge is 0.394 e. The predicted molar refractivity (Wildman–Crippen MR) is 66.1 cm³/mol. The number of aliphatic hydroxyl groups excluding tert-OH is 2. The Morgan fingerprint density at radius 3 is 2.90 bits per heavy atom. The molecule has 1 aliphatic heterocycles. The van der Waals surface area contributed by atoms with Gasteiger partial charge in [0, 0.05) is 0 Å². The van der Waals surface area contributed by atoms with Crippen LogP contribution in [0.5, 0.6) is 0 Å². The maximum atomic E-state index is 11.8. The highest BCUT2D eigenvalue weighted by Crippen LogP contribution is 2.37. The van der Waals surface area contributed by atoms with Gasteiger partial charge in [-0.15, -0.1) is 5.92 Å². The number of nitrogen functional groups attached to an aromatic ring is 1. The molecule has 1 aliphatic rings. The number of nitrogens with two attached hydrogens (primary N) is 1. The summed E-state index contributed by atoms with van der Waals surface area (Å²) < 4.78 is 6.15. The third kappa shape index (κ3) is 2.14. The summed E-state index contributed by atoms with van der Waals surface area (Å²) in [6.45, 7) is 0.909. The van der Waals surface area contributed by atoms with Crippen molar-refractivity contribution in [3.05, 3.63) is 16.8 Å². The molecule has 0 radical (unpaired) electrons. The van der Waals surface area contributed by atoms with Gasteiger partial charge in [-0.05, 0) is 6.92 Å². The first-order valence-electron chi connectivity index (χ1n) is 5.75. The first-order chi connectivity index (χ1) is 9.43. The molecule has 20 heavy (non-hydrogen) atoms. The number of aliphatic hydroxyl groups is 3. The van der Waals surface area contributed by atoms with E-state index in [-0.39, 0.29) is 5.95 Å². The van der Waals surface area contributed by atoms with Crippen molar-refractivity contribution in [1.29, 1.82) is 0 Å². The van der Waals surface area contributed by atoms with Crippen molar-refractivity contribution in [3.63, 3.8) is 0 Å². The standard InChI is InChI=1S/C11H14N4O5/c1-2-3-11(19)7(17)6(4-16)20-8(11)15-5-13-9(12)14-10(15)18/h5-8,16-17,19H,4H2,1H3,(H2,12,14,18)/t6-,7?,8-,11-/m1/s1. The van der Waals surface area contributed by atoms with Crippen LogP contribution in [-0.2, 0) is 4.74 Å². The van der Waals surface area contributed by atoms with E-state index in [4.69, 9.17) is 15.6 Å². The van der Waals surface area contributed by atoms with Crippen molar-refractivity contribution in [2.75, 3.05) is 12.3 Å². The van der Waals surface area contributed by atoms with E-state index < -0.39 is 36.3 Å². The lowest BCUT2D eigenvalue weighted by atomic mass is 9.94. The van der Waals surface area contributed by atoms with E-state index in [1.165, 1.54) is 6.92 Å². The molecule has 4 atom stereocenters. The highest BCUT2D eigenvalue weighted by molar-refractivity contribution is 5.22. The lowest BCUT2D eigenvalue weighted by molar-refractivity contribution is -0.0769. The number of anilines is 1. The molecular weight excluding hydrogens is 268 g/mol. The van der Waals surface area contributed by atoms with Gasteiger partial charge in [-0.3, -0.25) is 4.57 Å². The molecule has 1 unspecified atom stereocenters. The summed E-state index contributed by atoms with van der Waals surface area (Å²) >= 11 is 0. The van der Waals surface area contributed by atoms with Gasteiger partial charge in [0.2, 0.25) is 5.95 Å². The second-order valence-corrected chi connectivity index (χ2v) is 4.26. The normalized spacial score (nSPS) is 32.7. The fourth-order valence-corrected chi connectivity index (χ4v) is 2.05. The Morgan fingerprint density at radius 1 is 1.65 bits per heavy atom. The molecule has 108 valence electrons. The summed E-state index contributed by atoms with van der Waals surface area (Å²) in [6.07, 6.45) is -2.90. The molecule has 0 saturated carbocycles. The molecule has 9 nitrogen and oxygen atoms in total. The predicted octanol–water partition coefficient (Wildman–Crippen LogP) is -2.77. The van der Waals surface area contributed by atoms with Gasteiger partial charge in [-0.2, -0.15) is 4.98 Å². The van der Waals surface area contributed by atoms with E-state index in [9.17, 15) is 15.0 Å². The Labute approximate surface area is 113 Å². The second-order valence-electron chi connectivity index (χ2n) is 4.26. The zero-order valence-corrected chi connectivity index (χ0v) is 10.6. The maximum Gasteiger partial charge on any atom is 0.354 e. The van der Waals surface area contributed by atoms with Crippen LogP contribution in [0.2, 0.25) is 0 Å². The molecule has 0 bridgehead atoms. The minimum absolute atomic E-state index is 0.228. The van der Waals surface area contributed by atoms with E-state index >= 15 is 0 Å². The Kier molecular flexibility index (Phi) is 3.74. The summed E-state index contributed by atoms with van der Waals surface area (Å²) in [5.41, 5.74) is 2.40. The molecule has 0 aliphatic carbocycles. The van der Waals surface area contributed by atoms with Gasteiger partial charge in [0.25, 0.3) is 0 Å². The fraction of sp³-hybridized carbons (Fsp3) is 0.545. The van der Waals surface area contributed by atoms with E-state index in [1.807, 2.05) is 0 Å². The molecule has 5 N–H and O–H groups in total. The summed E-state index contributed by atoms with van der Waals surface area (Å²) in [4.78, 5) is 18.8. The molecule has 9 heteroatoms. The quantitative estimate of drug-likeness (QED) is 0.427. The zero-order valence-electron chi connectivity index (χ0n) is 10.6. The highest BCUT2D eigenvalue weighted by Gasteiger charge is 2.55. The van der Waals surface area contributed by atoms with Crippen molar-refractivity contribution >= 4 is 5.95 Å². The van der Waals surface area contributed by atoms with Crippen molar-refractivity contribution in [2.45, 2.75) is 31.0 Å². The number of nitrogens with zero attached hydrogens (tertiary/aromatic N) is 3. The topological polar surface area (TPSA) is 144 Å². The zero-order chi connectivity index (χ0) is 14.9. The van der Waals surface area contributed by atoms with Gasteiger partial charge in [0.05, 0.1) is 6.61 Å². The third-order valence-electron chi connectivity index (χ3n) is 2.99. The number of ether oxygens (including phenoxy) is 1. The lowest BCUT2D eigenvalue weighted by Crippen LogP contribution is -2.47. The van der Waals surface area contributed by atoms with E-state index in [2.05, 4.69) is 21.8 Å². The Bertz CT molecular complexity index is 621. The van der Waals surface area contributed by atoms with Crippen LogP contribution in [0, 0.1) is 11.8 Å². The van der Waals surface area contributed by atoms with Crippen molar-refractivity contribution < 1.29 is 20.1 Å². The molecule has 0 amide bonds. The molecule has 1 fully saturated rings. The monoisotopic (exact) mass is 282 g/mol. The summed E-state index contributed by atoms with van der Waals surface area (Å²) in [6, 6.07) is 0. The molecule has 0 spiro atoms. The molecule has 1 aromatic heterocycles. The molecular formula is C11H14N4O5. The third-order valence-corrected chi connectivity index (χ3v) is 2.99. The van der Waals surface area contributed by atoms with Crippen molar-refractivity contribution in [1.82, 2.24) is 14.5 Å². The lowest BCUT2D eigenvalue weighted by Gasteiger charge is -2.26. The summed E-state index contributed by atoms with van der Waals surface area (Å²) in [5.74, 6) is 4.62. The van der Waals surface area contributed by atoms with Crippen LogP contribution in [0.4, 0.5) is 5.95 Å². The van der Waals surface area contributed by atoms with Crippen LogP contribution in [0.3, 0.4) is 0 Å². The number of aromatic nitrogens is 3. The number of hydrogen-bond acceptors (Lipinski definition) is 8. The van der Waals surface area contributed by atoms with Gasteiger partial charge in [0.1, 0.15) is 18.5 Å². The minimum Gasteiger partial charge on any atom is -0.394 e. The van der Waals surface area contributed by atoms with Gasteiger partial charge in [0.15, 0.2) is 11.8 Å². The number of rotatable bonds is 2. The van der Waals surface area contributed by atoms with Gasteiger partial charge >= 0.3 is 5.69 Å². The average Bonchev–Trinajstić information content (AvgIpc) is 2.63.